The number of hydrogen-bond donors (Lipinski definition) is 1. The molecule has 4 heteroatoms. The Morgan fingerprint density at radius 1 is 1.21 bits per heavy atom. The normalized spacial score (nSPS) is 10.5. The summed E-state index contributed by atoms with van der Waals surface area (Å²) in [5.41, 5.74) is 7.16. The van der Waals surface area contributed by atoms with Crippen LogP contribution in [0, 0.1) is 5.82 Å². The summed E-state index contributed by atoms with van der Waals surface area (Å²) >= 11 is 6.03. The molecule has 0 amide bonds. The number of nitrogens with two attached hydrogens (primary N) is 1. The van der Waals surface area contributed by atoms with Gasteiger partial charge in [0.15, 0.2) is 11.6 Å². The van der Waals surface area contributed by atoms with Crippen LogP contribution < -0.4 is 10.5 Å². The second-order valence-electron chi connectivity index (χ2n) is 4.18. The van der Waals surface area contributed by atoms with Gasteiger partial charge in [0, 0.05) is 11.6 Å². The van der Waals surface area contributed by atoms with Crippen LogP contribution in [0.4, 0.5) is 4.39 Å². The summed E-state index contributed by atoms with van der Waals surface area (Å²) in [7, 11) is 0. The van der Waals surface area contributed by atoms with E-state index < -0.39 is 5.82 Å². The van der Waals surface area contributed by atoms with Crippen molar-refractivity contribution in [3.8, 4) is 11.5 Å². The first-order chi connectivity index (χ1) is 9.13. The minimum Gasteiger partial charge on any atom is -0.454 e. The maximum Gasteiger partial charge on any atom is 0.166 e. The largest absolute Gasteiger partial charge is 0.454 e. The van der Waals surface area contributed by atoms with E-state index in [4.69, 9.17) is 22.1 Å². The summed E-state index contributed by atoms with van der Waals surface area (Å²) in [4.78, 5) is 0. The van der Waals surface area contributed by atoms with E-state index in [1.54, 1.807) is 24.3 Å². The van der Waals surface area contributed by atoms with Crippen LogP contribution in [-0.2, 0) is 13.0 Å². The molecule has 0 radical (unpaired) electrons. The fourth-order valence-electron chi connectivity index (χ4n) is 1.77. The lowest BCUT2D eigenvalue weighted by atomic mass is 10.1. The molecular weight excluding hydrogens is 265 g/mol. The molecule has 0 aliphatic heterocycles. The van der Waals surface area contributed by atoms with Crippen molar-refractivity contribution in [2.24, 2.45) is 5.73 Å². The minimum atomic E-state index is -0.420. The lowest BCUT2D eigenvalue weighted by Crippen LogP contribution is -1.97. The molecule has 2 rings (SSSR count). The van der Waals surface area contributed by atoms with Gasteiger partial charge in [-0.1, -0.05) is 24.6 Å². The molecule has 0 spiro atoms. The van der Waals surface area contributed by atoms with Gasteiger partial charge in [0.25, 0.3) is 0 Å². The number of aryl methyl sites for hydroxylation is 1. The molecule has 19 heavy (non-hydrogen) atoms. The van der Waals surface area contributed by atoms with Crippen LogP contribution >= 0.6 is 11.6 Å². The van der Waals surface area contributed by atoms with Gasteiger partial charge in [0.1, 0.15) is 5.75 Å². The number of benzene rings is 2. The molecule has 0 unspecified atom stereocenters. The molecule has 0 aliphatic carbocycles. The number of rotatable bonds is 4. The standard InChI is InChI=1S/C15H15ClFNO/c1-2-11-8-12(4-5-13(11)16)19-15-6-3-10(9-18)7-14(15)17/h3-8H,2,9,18H2,1H3. The number of ether oxygens (including phenoxy) is 1. The highest BCUT2D eigenvalue weighted by molar-refractivity contribution is 6.31. The van der Waals surface area contributed by atoms with E-state index in [2.05, 4.69) is 0 Å². The minimum absolute atomic E-state index is 0.182. The van der Waals surface area contributed by atoms with Gasteiger partial charge < -0.3 is 10.5 Å². The molecule has 2 nitrogen and oxygen atoms in total. The summed E-state index contributed by atoms with van der Waals surface area (Å²) in [6.45, 7) is 2.31. The molecule has 0 aromatic heterocycles. The smallest absolute Gasteiger partial charge is 0.166 e. The van der Waals surface area contributed by atoms with Crippen LogP contribution in [0.5, 0.6) is 11.5 Å². The van der Waals surface area contributed by atoms with Gasteiger partial charge >= 0.3 is 0 Å². The number of halogens is 2. The van der Waals surface area contributed by atoms with E-state index in [1.165, 1.54) is 6.07 Å². The summed E-state index contributed by atoms with van der Waals surface area (Å²) in [5.74, 6) is 0.332. The SMILES string of the molecule is CCc1cc(Oc2ccc(CN)cc2F)ccc1Cl. The van der Waals surface area contributed by atoms with Crippen LogP contribution in [0.25, 0.3) is 0 Å². The fourth-order valence-corrected chi connectivity index (χ4v) is 2.02. The van der Waals surface area contributed by atoms with E-state index in [0.29, 0.717) is 17.3 Å². The zero-order valence-corrected chi connectivity index (χ0v) is 11.4. The van der Waals surface area contributed by atoms with Crippen molar-refractivity contribution in [1.82, 2.24) is 0 Å². The third-order valence-corrected chi connectivity index (χ3v) is 3.23. The predicted octanol–water partition coefficient (Wildman–Crippen LogP) is 4.29. The van der Waals surface area contributed by atoms with Crippen molar-refractivity contribution in [3.05, 3.63) is 58.4 Å². The highest BCUT2D eigenvalue weighted by Crippen LogP contribution is 2.28. The van der Waals surface area contributed by atoms with Crippen molar-refractivity contribution < 1.29 is 9.13 Å². The molecule has 0 atom stereocenters. The van der Waals surface area contributed by atoms with Gasteiger partial charge in [0.05, 0.1) is 0 Å². The Kier molecular flexibility index (Phi) is 4.40. The van der Waals surface area contributed by atoms with Crippen LogP contribution in [-0.4, -0.2) is 0 Å². The average Bonchev–Trinajstić information content (AvgIpc) is 2.43. The molecule has 2 aromatic carbocycles. The molecule has 0 bridgehead atoms. The van der Waals surface area contributed by atoms with Crippen LogP contribution in [0.3, 0.4) is 0 Å². The van der Waals surface area contributed by atoms with Crippen molar-refractivity contribution in [2.75, 3.05) is 0 Å². The first kappa shape index (κ1) is 13.8. The van der Waals surface area contributed by atoms with Crippen LogP contribution in [0.15, 0.2) is 36.4 Å². The zero-order chi connectivity index (χ0) is 13.8. The molecular formula is C15H15ClFNO. The highest BCUT2D eigenvalue weighted by atomic mass is 35.5. The maximum atomic E-state index is 13.8. The summed E-state index contributed by atoms with van der Waals surface area (Å²) in [5, 5.41) is 0.689. The topological polar surface area (TPSA) is 35.2 Å². The highest BCUT2D eigenvalue weighted by Gasteiger charge is 2.07. The summed E-state index contributed by atoms with van der Waals surface area (Å²) in [6.07, 6.45) is 0.796. The predicted molar refractivity (Wildman–Crippen MR) is 75.2 cm³/mol. The van der Waals surface area contributed by atoms with E-state index >= 15 is 0 Å². The monoisotopic (exact) mass is 279 g/mol. The molecule has 0 heterocycles. The Hall–Kier alpha value is -1.58. The molecule has 0 fully saturated rings. The van der Waals surface area contributed by atoms with Gasteiger partial charge in [0.2, 0.25) is 0 Å². The zero-order valence-electron chi connectivity index (χ0n) is 10.6. The quantitative estimate of drug-likeness (QED) is 0.906. The lowest BCUT2D eigenvalue weighted by Gasteiger charge is -2.10. The van der Waals surface area contributed by atoms with Crippen molar-refractivity contribution in [1.29, 1.82) is 0 Å². The maximum absolute atomic E-state index is 13.8. The fraction of sp³-hybridized carbons (Fsp3) is 0.200. The van der Waals surface area contributed by atoms with Crippen molar-refractivity contribution in [2.45, 2.75) is 19.9 Å². The Labute approximate surface area is 117 Å². The van der Waals surface area contributed by atoms with Gasteiger partial charge in [-0.25, -0.2) is 4.39 Å². The van der Waals surface area contributed by atoms with Gasteiger partial charge in [-0.15, -0.1) is 0 Å². The Morgan fingerprint density at radius 3 is 2.63 bits per heavy atom. The van der Waals surface area contributed by atoms with Crippen molar-refractivity contribution >= 4 is 11.6 Å². The van der Waals surface area contributed by atoms with E-state index in [1.807, 2.05) is 13.0 Å². The second-order valence-corrected chi connectivity index (χ2v) is 4.58. The van der Waals surface area contributed by atoms with E-state index in [-0.39, 0.29) is 5.75 Å². The molecule has 0 saturated heterocycles. The van der Waals surface area contributed by atoms with Gasteiger partial charge in [-0.3, -0.25) is 0 Å². The molecule has 0 saturated carbocycles. The lowest BCUT2D eigenvalue weighted by molar-refractivity contribution is 0.441. The van der Waals surface area contributed by atoms with Gasteiger partial charge in [-0.2, -0.15) is 0 Å². The van der Waals surface area contributed by atoms with Crippen LogP contribution in [0.1, 0.15) is 18.1 Å². The second kappa shape index (κ2) is 6.04. The molecule has 100 valence electrons. The first-order valence-corrected chi connectivity index (χ1v) is 6.46. The van der Waals surface area contributed by atoms with Crippen LogP contribution in [0.2, 0.25) is 5.02 Å². The average molecular weight is 280 g/mol. The van der Waals surface area contributed by atoms with E-state index in [0.717, 1.165) is 17.5 Å². The Morgan fingerprint density at radius 2 is 2.00 bits per heavy atom. The summed E-state index contributed by atoms with van der Waals surface area (Å²) in [6, 6.07) is 10.00. The number of hydrogen-bond acceptors (Lipinski definition) is 2. The third kappa shape index (κ3) is 3.25. The Bertz CT molecular complexity index is 586. The van der Waals surface area contributed by atoms with Gasteiger partial charge in [-0.05, 0) is 47.9 Å². The first-order valence-electron chi connectivity index (χ1n) is 6.08. The molecule has 0 aliphatic rings. The molecule has 2 N–H and O–H groups in total. The molecule has 2 aromatic rings. The Balaban J connectivity index is 2.26. The van der Waals surface area contributed by atoms with E-state index in [9.17, 15) is 4.39 Å². The third-order valence-electron chi connectivity index (χ3n) is 2.86. The van der Waals surface area contributed by atoms with Crippen molar-refractivity contribution in [3.63, 3.8) is 0 Å². The summed E-state index contributed by atoms with van der Waals surface area (Å²) < 4.78 is 19.3.